The van der Waals surface area contributed by atoms with Crippen LogP contribution in [0.1, 0.15) is 43.7 Å². The molecule has 1 saturated carbocycles. The molecule has 1 aromatic rings. The summed E-state index contributed by atoms with van der Waals surface area (Å²) in [7, 11) is 2.26. The standard InChI is InChI=1S/C18H28N4O/c1-20-9-3-2-4-16(20)13-21-10-14(11-21)12-22-18(23)8-7-17(19-22)15-5-6-15/h7-8,14-16H,2-6,9-13H2,1H3. The van der Waals surface area contributed by atoms with Gasteiger partial charge in [0.2, 0.25) is 0 Å². The number of hydrogen-bond donors (Lipinski definition) is 0. The van der Waals surface area contributed by atoms with E-state index in [4.69, 9.17) is 0 Å². The predicted molar refractivity (Wildman–Crippen MR) is 90.7 cm³/mol. The van der Waals surface area contributed by atoms with Crippen molar-refractivity contribution in [3.63, 3.8) is 0 Å². The van der Waals surface area contributed by atoms with Crippen LogP contribution in [-0.4, -0.2) is 58.8 Å². The van der Waals surface area contributed by atoms with Crippen molar-refractivity contribution in [2.24, 2.45) is 5.92 Å². The lowest BCUT2D eigenvalue weighted by atomic mass is 9.96. The zero-order valence-electron chi connectivity index (χ0n) is 14.2. The number of aromatic nitrogens is 2. The molecule has 126 valence electrons. The minimum absolute atomic E-state index is 0.0554. The number of nitrogens with zero attached hydrogens (tertiary/aromatic N) is 4. The summed E-state index contributed by atoms with van der Waals surface area (Å²) in [5.41, 5.74) is 1.17. The van der Waals surface area contributed by atoms with Crippen LogP contribution >= 0.6 is 0 Å². The maximum Gasteiger partial charge on any atom is 0.266 e. The Labute approximate surface area is 138 Å². The van der Waals surface area contributed by atoms with E-state index < -0.39 is 0 Å². The van der Waals surface area contributed by atoms with E-state index in [-0.39, 0.29) is 5.56 Å². The van der Waals surface area contributed by atoms with Gasteiger partial charge < -0.3 is 9.80 Å². The molecule has 3 aliphatic rings. The van der Waals surface area contributed by atoms with Crippen molar-refractivity contribution in [1.82, 2.24) is 19.6 Å². The maximum absolute atomic E-state index is 12.0. The first-order chi connectivity index (χ1) is 11.2. The van der Waals surface area contributed by atoms with Crippen LogP contribution in [0.4, 0.5) is 0 Å². The van der Waals surface area contributed by atoms with Crippen LogP contribution in [0, 0.1) is 5.92 Å². The molecule has 3 fully saturated rings. The fourth-order valence-corrected chi connectivity index (χ4v) is 4.05. The summed E-state index contributed by atoms with van der Waals surface area (Å²) in [6, 6.07) is 4.35. The number of hydrogen-bond acceptors (Lipinski definition) is 4. The summed E-state index contributed by atoms with van der Waals surface area (Å²) in [5.74, 6) is 1.20. The van der Waals surface area contributed by atoms with Crippen molar-refractivity contribution in [3.05, 3.63) is 28.2 Å². The van der Waals surface area contributed by atoms with E-state index in [1.807, 2.05) is 6.07 Å². The molecule has 0 N–H and O–H groups in total. The van der Waals surface area contributed by atoms with Gasteiger partial charge in [-0.3, -0.25) is 4.79 Å². The van der Waals surface area contributed by atoms with Crippen molar-refractivity contribution in [3.8, 4) is 0 Å². The van der Waals surface area contributed by atoms with Gasteiger partial charge in [-0.15, -0.1) is 0 Å². The first kappa shape index (κ1) is 15.3. The normalized spacial score (nSPS) is 27.1. The van der Waals surface area contributed by atoms with E-state index in [0.717, 1.165) is 31.4 Å². The molecule has 0 radical (unpaired) electrons. The van der Waals surface area contributed by atoms with Gasteiger partial charge in [0.05, 0.1) is 12.2 Å². The van der Waals surface area contributed by atoms with Gasteiger partial charge in [-0.25, -0.2) is 4.68 Å². The lowest BCUT2D eigenvalue weighted by Gasteiger charge is -2.44. The van der Waals surface area contributed by atoms with Crippen LogP contribution in [-0.2, 0) is 6.54 Å². The maximum atomic E-state index is 12.0. The van der Waals surface area contributed by atoms with Crippen LogP contribution in [0.25, 0.3) is 0 Å². The first-order valence-corrected chi connectivity index (χ1v) is 9.19. The molecule has 0 amide bonds. The first-order valence-electron chi connectivity index (χ1n) is 9.19. The van der Waals surface area contributed by atoms with Gasteiger partial charge in [-0.2, -0.15) is 5.10 Å². The van der Waals surface area contributed by atoms with Gasteiger partial charge in [-0.05, 0) is 45.3 Å². The third-order valence-corrected chi connectivity index (χ3v) is 5.74. The molecule has 1 unspecified atom stereocenters. The highest BCUT2D eigenvalue weighted by atomic mass is 16.1. The largest absolute Gasteiger partial charge is 0.302 e. The number of piperidine rings is 1. The Morgan fingerprint density at radius 1 is 1.13 bits per heavy atom. The molecule has 3 heterocycles. The fourth-order valence-electron chi connectivity index (χ4n) is 4.05. The average molecular weight is 316 g/mol. The average Bonchev–Trinajstić information content (AvgIpc) is 3.33. The summed E-state index contributed by atoms with van der Waals surface area (Å²) in [4.78, 5) is 17.1. The molecular weight excluding hydrogens is 288 g/mol. The van der Waals surface area contributed by atoms with E-state index in [1.54, 1.807) is 10.7 Å². The van der Waals surface area contributed by atoms with Gasteiger partial charge in [0.15, 0.2) is 0 Å². The summed E-state index contributed by atoms with van der Waals surface area (Å²) in [6.45, 7) is 5.46. The summed E-state index contributed by atoms with van der Waals surface area (Å²) in [6.07, 6.45) is 6.53. The highest BCUT2D eigenvalue weighted by molar-refractivity contribution is 5.12. The van der Waals surface area contributed by atoms with Crippen LogP contribution in [0.5, 0.6) is 0 Å². The molecule has 0 spiro atoms. The summed E-state index contributed by atoms with van der Waals surface area (Å²) < 4.78 is 1.71. The molecule has 5 heteroatoms. The van der Waals surface area contributed by atoms with Crippen LogP contribution in [0.3, 0.4) is 0 Å². The van der Waals surface area contributed by atoms with Gasteiger partial charge >= 0.3 is 0 Å². The van der Waals surface area contributed by atoms with E-state index in [1.165, 1.54) is 45.2 Å². The van der Waals surface area contributed by atoms with E-state index in [9.17, 15) is 4.79 Å². The second kappa shape index (κ2) is 6.36. The Bertz CT molecular complexity index is 603. The quantitative estimate of drug-likeness (QED) is 0.826. The predicted octanol–water partition coefficient (Wildman–Crippen LogP) is 1.54. The Hall–Kier alpha value is -1.20. The molecule has 1 aliphatic carbocycles. The van der Waals surface area contributed by atoms with E-state index in [2.05, 4.69) is 21.9 Å². The molecule has 5 nitrogen and oxygen atoms in total. The van der Waals surface area contributed by atoms with Crippen LogP contribution in [0.15, 0.2) is 16.9 Å². The lowest BCUT2D eigenvalue weighted by molar-refractivity contribution is 0.0427. The Morgan fingerprint density at radius 2 is 1.96 bits per heavy atom. The molecule has 0 aromatic carbocycles. The zero-order valence-corrected chi connectivity index (χ0v) is 14.2. The number of likely N-dealkylation sites (N-methyl/N-ethyl adjacent to an activating group) is 1. The molecule has 1 atom stereocenters. The molecule has 23 heavy (non-hydrogen) atoms. The highest BCUT2D eigenvalue weighted by Crippen LogP contribution is 2.38. The van der Waals surface area contributed by atoms with E-state index >= 15 is 0 Å². The van der Waals surface area contributed by atoms with Crippen molar-refractivity contribution >= 4 is 0 Å². The van der Waals surface area contributed by atoms with Crippen molar-refractivity contribution < 1.29 is 0 Å². The van der Waals surface area contributed by atoms with Crippen molar-refractivity contribution in [2.45, 2.75) is 50.6 Å². The lowest BCUT2D eigenvalue weighted by Crippen LogP contribution is -2.54. The third-order valence-electron chi connectivity index (χ3n) is 5.74. The zero-order chi connectivity index (χ0) is 15.8. The number of likely N-dealkylation sites (tertiary alicyclic amines) is 2. The van der Waals surface area contributed by atoms with Crippen LogP contribution in [0.2, 0.25) is 0 Å². The van der Waals surface area contributed by atoms with Crippen molar-refractivity contribution in [2.75, 3.05) is 33.2 Å². The molecular formula is C18H28N4O. The van der Waals surface area contributed by atoms with E-state index in [0.29, 0.717) is 11.8 Å². The summed E-state index contributed by atoms with van der Waals surface area (Å²) in [5, 5.41) is 4.59. The highest BCUT2D eigenvalue weighted by Gasteiger charge is 2.31. The second-order valence-corrected chi connectivity index (χ2v) is 7.77. The monoisotopic (exact) mass is 316 g/mol. The Kier molecular flexibility index (Phi) is 4.24. The minimum atomic E-state index is 0.0554. The molecule has 0 bridgehead atoms. The van der Waals surface area contributed by atoms with Crippen molar-refractivity contribution in [1.29, 1.82) is 0 Å². The van der Waals surface area contributed by atoms with Gasteiger partial charge in [0, 0.05) is 43.6 Å². The molecule has 4 rings (SSSR count). The van der Waals surface area contributed by atoms with Gasteiger partial charge in [-0.1, -0.05) is 6.42 Å². The minimum Gasteiger partial charge on any atom is -0.302 e. The molecule has 1 aromatic heterocycles. The number of rotatable bonds is 5. The fraction of sp³-hybridized carbons (Fsp3) is 0.778. The van der Waals surface area contributed by atoms with Gasteiger partial charge in [0.25, 0.3) is 5.56 Å². The smallest absolute Gasteiger partial charge is 0.266 e. The Morgan fingerprint density at radius 3 is 2.70 bits per heavy atom. The molecule has 2 saturated heterocycles. The third kappa shape index (κ3) is 3.50. The second-order valence-electron chi connectivity index (χ2n) is 7.77. The SMILES string of the molecule is CN1CCCCC1CN1CC(Cn2nc(C3CC3)ccc2=O)C1. The summed E-state index contributed by atoms with van der Waals surface area (Å²) >= 11 is 0. The van der Waals surface area contributed by atoms with Gasteiger partial charge in [0.1, 0.15) is 0 Å². The van der Waals surface area contributed by atoms with Crippen LogP contribution < -0.4 is 5.56 Å². The Balaban J connectivity index is 1.29. The molecule has 2 aliphatic heterocycles. The topological polar surface area (TPSA) is 41.4 Å².